The molecule has 0 saturated carbocycles. The topological polar surface area (TPSA) is 76.1 Å². The number of hydrogen-bond acceptors (Lipinski definition) is 4. The van der Waals surface area contributed by atoms with Crippen LogP contribution in [-0.4, -0.2) is 55.2 Å². The summed E-state index contributed by atoms with van der Waals surface area (Å²) in [5.74, 6) is 4.52. The highest BCUT2D eigenvalue weighted by molar-refractivity contribution is 6.74. The second kappa shape index (κ2) is 10.7. The monoisotopic (exact) mass is 439 g/mol. The minimum Gasteiger partial charge on any atom is -0.472 e. The predicted molar refractivity (Wildman–Crippen MR) is 122 cm³/mol. The molecule has 172 valence electrons. The number of nitrogens with zero attached hydrogens (tertiary/aromatic N) is 1. The zero-order valence-electron chi connectivity index (χ0n) is 20.1. The summed E-state index contributed by atoms with van der Waals surface area (Å²) >= 11 is 0. The van der Waals surface area contributed by atoms with Gasteiger partial charge in [-0.05, 0) is 70.5 Å². The Morgan fingerprint density at radius 3 is 2.17 bits per heavy atom. The van der Waals surface area contributed by atoms with Crippen LogP contribution in [0.1, 0.15) is 73.6 Å². The van der Waals surface area contributed by atoms with Crippen molar-refractivity contribution >= 4 is 20.4 Å². The van der Waals surface area contributed by atoms with Crippen LogP contribution in [0, 0.1) is 17.8 Å². The molecule has 0 unspecified atom stereocenters. The van der Waals surface area contributed by atoms with E-state index in [9.17, 15) is 9.59 Å². The van der Waals surface area contributed by atoms with Crippen molar-refractivity contribution in [2.24, 2.45) is 5.92 Å². The summed E-state index contributed by atoms with van der Waals surface area (Å²) < 4.78 is 11.8. The Labute approximate surface area is 183 Å². The number of aliphatic carboxylic acids is 1. The normalized spacial score (nSPS) is 17.1. The molecule has 0 aromatic heterocycles. The molecule has 0 aromatic rings. The van der Waals surface area contributed by atoms with Gasteiger partial charge in [0, 0.05) is 19.0 Å². The zero-order valence-corrected chi connectivity index (χ0v) is 21.1. The highest BCUT2D eigenvalue weighted by atomic mass is 28.4. The van der Waals surface area contributed by atoms with Gasteiger partial charge in [0.15, 0.2) is 8.32 Å². The fraction of sp³-hybridized carbons (Fsp3) is 0.826. The molecular weight excluding hydrogens is 398 g/mol. The number of carbonyl (C=O) groups is 2. The van der Waals surface area contributed by atoms with Crippen LogP contribution in [0.3, 0.4) is 0 Å². The highest BCUT2D eigenvalue weighted by Gasteiger charge is 2.39. The van der Waals surface area contributed by atoms with Crippen molar-refractivity contribution in [3.63, 3.8) is 0 Å². The summed E-state index contributed by atoms with van der Waals surface area (Å²) in [6.07, 6.45) is 4.07. The SMILES string of the molecule is CC(C)(C)OC(=O)N1CCC(CCC[C@@H](C#CC(=O)O)O[Si](C)(C)C(C)(C)C)CC1. The van der Waals surface area contributed by atoms with E-state index in [1.807, 2.05) is 20.8 Å². The second-order valence-corrected chi connectivity index (χ2v) is 15.5. The van der Waals surface area contributed by atoms with Gasteiger partial charge < -0.3 is 19.2 Å². The summed E-state index contributed by atoms with van der Waals surface area (Å²) in [5, 5.41) is 8.98. The third kappa shape index (κ3) is 9.52. The first-order valence-electron chi connectivity index (χ1n) is 11.0. The minimum absolute atomic E-state index is 0.0463. The van der Waals surface area contributed by atoms with Gasteiger partial charge in [0.05, 0.1) is 0 Å². The van der Waals surface area contributed by atoms with Gasteiger partial charge in [-0.25, -0.2) is 9.59 Å². The molecule has 1 fully saturated rings. The lowest BCUT2D eigenvalue weighted by molar-refractivity contribution is -0.130. The van der Waals surface area contributed by atoms with Crippen LogP contribution < -0.4 is 0 Å². The van der Waals surface area contributed by atoms with E-state index in [1.54, 1.807) is 4.90 Å². The maximum absolute atomic E-state index is 12.2. The van der Waals surface area contributed by atoms with Gasteiger partial charge in [-0.1, -0.05) is 33.1 Å². The maximum atomic E-state index is 12.2. The van der Waals surface area contributed by atoms with Crippen molar-refractivity contribution in [3.05, 3.63) is 0 Å². The lowest BCUT2D eigenvalue weighted by Crippen LogP contribution is -2.43. The summed E-state index contributed by atoms with van der Waals surface area (Å²) in [7, 11) is -2.02. The van der Waals surface area contributed by atoms with E-state index >= 15 is 0 Å². The Kier molecular flexibility index (Phi) is 9.43. The van der Waals surface area contributed by atoms with Crippen molar-refractivity contribution in [1.82, 2.24) is 4.90 Å². The Morgan fingerprint density at radius 2 is 1.70 bits per heavy atom. The summed E-state index contributed by atoms with van der Waals surface area (Å²) in [4.78, 5) is 24.9. The lowest BCUT2D eigenvalue weighted by Gasteiger charge is -2.38. The predicted octanol–water partition coefficient (Wildman–Crippen LogP) is 5.28. The Morgan fingerprint density at radius 1 is 1.13 bits per heavy atom. The smallest absolute Gasteiger partial charge is 0.410 e. The molecule has 1 N–H and O–H groups in total. The van der Waals surface area contributed by atoms with Gasteiger partial charge in [-0.15, -0.1) is 0 Å². The molecule has 30 heavy (non-hydrogen) atoms. The molecule has 1 saturated heterocycles. The van der Waals surface area contributed by atoms with Gasteiger partial charge in [-0.3, -0.25) is 0 Å². The fourth-order valence-electron chi connectivity index (χ4n) is 3.16. The van der Waals surface area contributed by atoms with E-state index in [4.69, 9.17) is 14.3 Å². The molecule has 0 spiro atoms. The number of ether oxygens (including phenoxy) is 1. The quantitative estimate of drug-likeness (QED) is 0.450. The minimum atomic E-state index is -2.02. The van der Waals surface area contributed by atoms with Gasteiger partial charge in [0.25, 0.3) is 0 Å². The average molecular weight is 440 g/mol. The van der Waals surface area contributed by atoms with Crippen molar-refractivity contribution in [1.29, 1.82) is 0 Å². The first-order chi connectivity index (χ1) is 13.6. The summed E-state index contributed by atoms with van der Waals surface area (Å²) in [5.41, 5.74) is -0.468. The average Bonchev–Trinajstić information content (AvgIpc) is 2.57. The van der Waals surface area contributed by atoms with E-state index in [2.05, 4.69) is 45.7 Å². The Balaban J connectivity index is 2.53. The van der Waals surface area contributed by atoms with Gasteiger partial charge in [0.1, 0.15) is 11.7 Å². The van der Waals surface area contributed by atoms with Crippen LogP contribution in [0.2, 0.25) is 18.1 Å². The van der Waals surface area contributed by atoms with Gasteiger partial charge >= 0.3 is 12.1 Å². The van der Waals surface area contributed by atoms with Crippen LogP contribution in [-0.2, 0) is 14.0 Å². The van der Waals surface area contributed by atoms with Crippen molar-refractivity contribution in [2.45, 2.75) is 103 Å². The fourth-order valence-corrected chi connectivity index (χ4v) is 4.40. The molecular formula is C23H41NO5Si. The molecule has 7 heteroatoms. The van der Waals surface area contributed by atoms with Crippen LogP contribution in [0.4, 0.5) is 4.79 Å². The number of carboxylic acids is 1. The molecule has 1 aliphatic heterocycles. The van der Waals surface area contributed by atoms with Gasteiger partial charge in [-0.2, -0.15) is 0 Å². The van der Waals surface area contributed by atoms with Crippen molar-refractivity contribution < 1.29 is 23.9 Å². The van der Waals surface area contributed by atoms with Crippen LogP contribution in [0.5, 0.6) is 0 Å². The molecule has 1 aliphatic rings. The third-order valence-electron chi connectivity index (χ3n) is 5.93. The molecule has 0 radical (unpaired) electrons. The van der Waals surface area contributed by atoms with Gasteiger partial charge in [0.2, 0.25) is 0 Å². The Bertz CT molecular complexity index is 643. The standard InChI is InChI=1S/C23H41NO5Si/c1-22(2,3)28-21(27)24-16-14-18(15-17-24)10-9-11-19(12-13-20(25)26)29-30(7,8)23(4,5)6/h18-19H,9-11,14-17H2,1-8H3,(H,25,26)/t19-/m0/s1. The molecule has 1 heterocycles. The number of piperidine rings is 1. The lowest BCUT2D eigenvalue weighted by atomic mass is 9.91. The maximum Gasteiger partial charge on any atom is 0.410 e. The first kappa shape index (κ1) is 26.5. The van der Waals surface area contributed by atoms with Crippen LogP contribution >= 0.6 is 0 Å². The van der Waals surface area contributed by atoms with Crippen LogP contribution in [0.15, 0.2) is 0 Å². The number of amides is 1. The van der Waals surface area contributed by atoms with Crippen molar-refractivity contribution in [3.8, 4) is 11.8 Å². The van der Waals surface area contributed by atoms with E-state index in [1.165, 1.54) is 0 Å². The number of likely N-dealkylation sites (tertiary alicyclic amines) is 1. The van der Waals surface area contributed by atoms with E-state index < -0.39 is 19.9 Å². The second-order valence-electron chi connectivity index (χ2n) is 10.8. The highest BCUT2D eigenvalue weighted by Crippen LogP contribution is 2.38. The Hall–Kier alpha value is -1.52. The first-order valence-corrected chi connectivity index (χ1v) is 13.9. The van der Waals surface area contributed by atoms with E-state index in [0.29, 0.717) is 5.92 Å². The molecule has 6 nitrogen and oxygen atoms in total. The van der Waals surface area contributed by atoms with Crippen LogP contribution in [0.25, 0.3) is 0 Å². The molecule has 1 atom stereocenters. The molecule has 1 rings (SSSR count). The zero-order chi connectivity index (χ0) is 23.2. The number of hydrogen-bond donors (Lipinski definition) is 1. The molecule has 0 aromatic carbocycles. The van der Waals surface area contributed by atoms with E-state index in [0.717, 1.165) is 45.2 Å². The summed E-state index contributed by atoms with van der Waals surface area (Å²) in [6, 6.07) is 0. The van der Waals surface area contributed by atoms with E-state index in [-0.39, 0.29) is 17.2 Å². The molecule has 0 bridgehead atoms. The molecule has 1 amide bonds. The number of carbonyl (C=O) groups excluding carboxylic acids is 1. The van der Waals surface area contributed by atoms with Crippen molar-refractivity contribution in [2.75, 3.05) is 13.1 Å². The number of rotatable bonds is 6. The number of carboxylic acid groups (broad SMARTS) is 1. The molecule has 0 aliphatic carbocycles. The third-order valence-corrected chi connectivity index (χ3v) is 10.4. The largest absolute Gasteiger partial charge is 0.472 e. The summed E-state index contributed by atoms with van der Waals surface area (Å²) in [6.45, 7) is 17.9.